The standard InChI is InChI=1S/C14H15BrN6/c1-8(2)14-19-12(6-13(20-14)21-17)18-11-4-3-10(15)5-9(11)7-16/h3-6,8H,17H2,1-2H3,(H2,18,19,20,21). The third kappa shape index (κ3) is 3.68. The van der Waals surface area contributed by atoms with E-state index in [0.717, 1.165) is 4.47 Å². The van der Waals surface area contributed by atoms with Crippen molar-refractivity contribution < 1.29 is 0 Å². The van der Waals surface area contributed by atoms with E-state index in [1.54, 1.807) is 12.1 Å². The molecule has 7 heteroatoms. The van der Waals surface area contributed by atoms with E-state index < -0.39 is 0 Å². The Hall–Kier alpha value is -2.17. The molecule has 21 heavy (non-hydrogen) atoms. The predicted molar refractivity (Wildman–Crippen MR) is 86.1 cm³/mol. The second kappa shape index (κ2) is 6.52. The van der Waals surface area contributed by atoms with Crippen LogP contribution in [0.4, 0.5) is 17.3 Å². The van der Waals surface area contributed by atoms with E-state index in [-0.39, 0.29) is 5.92 Å². The first-order valence-corrected chi connectivity index (χ1v) is 7.15. The van der Waals surface area contributed by atoms with Gasteiger partial charge < -0.3 is 10.7 Å². The van der Waals surface area contributed by atoms with Gasteiger partial charge in [-0.1, -0.05) is 29.8 Å². The molecule has 2 rings (SSSR count). The highest BCUT2D eigenvalue weighted by Gasteiger charge is 2.09. The van der Waals surface area contributed by atoms with Gasteiger partial charge in [0.2, 0.25) is 0 Å². The van der Waals surface area contributed by atoms with E-state index in [9.17, 15) is 5.26 Å². The van der Waals surface area contributed by atoms with E-state index in [1.807, 2.05) is 26.0 Å². The number of nitrogens with one attached hydrogen (secondary N) is 2. The summed E-state index contributed by atoms with van der Waals surface area (Å²) in [6, 6.07) is 9.25. The molecule has 0 aliphatic rings. The lowest BCUT2D eigenvalue weighted by Crippen LogP contribution is -2.12. The largest absolute Gasteiger partial charge is 0.339 e. The smallest absolute Gasteiger partial charge is 0.145 e. The minimum Gasteiger partial charge on any atom is -0.339 e. The SMILES string of the molecule is CC(C)c1nc(NN)cc(Nc2ccc(Br)cc2C#N)n1. The van der Waals surface area contributed by atoms with Gasteiger partial charge in [0, 0.05) is 16.5 Å². The summed E-state index contributed by atoms with van der Waals surface area (Å²) in [6.45, 7) is 4.00. The van der Waals surface area contributed by atoms with Gasteiger partial charge in [-0.15, -0.1) is 0 Å². The number of nitrogens with two attached hydrogens (primary N) is 1. The minimum absolute atomic E-state index is 0.166. The monoisotopic (exact) mass is 346 g/mol. The van der Waals surface area contributed by atoms with Crippen LogP contribution in [-0.4, -0.2) is 9.97 Å². The van der Waals surface area contributed by atoms with Crippen molar-refractivity contribution in [3.63, 3.8) is 0 Å². The van der Waals surface area contributed by atoms with Gasteiger partial charge in [-0.3, -0.25) is 0 Å². The highest BCUT2D eigenvalue weighted by molar-refractivity contribution is 9.10. The first-order chi connectivity index (χ1) is 10.0. The van der Waals surface area contributed by atoms with Crippen molar-refractivity contribution in [2.24, 2.45) is 5.84 Å². The number of benzene rings is 1. The summed E-state index contributed by atoms with van der Waals surface area (Å²) < 4.78 is 0.847. The van der Waals surface area contributed by atoms with Crippen molar-refractivity contribution in [1.82, 2.24) is 9.97 Å². The number of hydrazine groups is 1. The van der Waals surface area contributed by atoms with Crippen molar-refractivity contribution in [3.05, 3.63) is 40.1 Å². The Kier molecular flexibility index (Phi) is 4.73. The van der Waals surface area contributed by atoms with E-state index in [0.29, 0.717) is 28.7 Å². The first-order valence-electron chi connectivity index (χ1n) is 6.35. The Balaban J connectivity index is 2.40. The number of nitriles is 1. The van der Waals surface area contributed by atoms with Gasteiger partial charge in [-0.25, -0.2) is 15.8 Å². The highest BCUT2D eigenvalue weighted by Crippen LogP contribution is 2.25. The Labute approximate surface area is 131 Å². The van der Waals surface area contributed by atoms with Crippen LogP contribution in [0.5, 0.6) is 0 Å². The summed E-state index contributed by atoms with van der Waals surface area (Å²) >= 11 is 3.34. The van der Waals surface area contributed by atoms with Gasteiger partial charge in [0.05, 0.1) is 11.3 Å². The molecule has 0 aliphatic carbocycles. The van der Waals surface area contributed by atoms with Crippen molar-refractivity contribution in [3.8, 4) is 6.07 Å². The van der Waals surface area contributed by atoms with E-state index in [1.165, 1.54) is 0 Å². The van der Waals surface area contributed by atoms with Crippen LogP contribution in [0.2, 0.25) is 0 Å². The molecular weight excluding hydrogens is 332 g/mol. The average Bonchev–Trinajstić information content (AvgIpc) is 2.48. The van der Waals surface area contributed by atoms with Crippen molar-refractivity contribution >= 4 is 33.3 Å². The maximum atomic E-state index is 9.19. The van der Waals surface area contributed by atoms with Gasteiger partial charge >= 0.3 is 0 Å². The molecule has 1 aromatic heterocycles. The van der Waals surface area contributed by atoms with E-state index in [2.05, 4.69) is 42.7 Å². The average molecular weight is 347 g/mol. The molecule has 0 spiro atoms. The van der Waals surface area contributed by atoms with Gasteiger partial charge in [0.1, 0.15) is 23.5 Å². The lowest BCUT2D eigenvalue weighted by molar-refractivity contribution is 0.777. The summed E-state index contributed by atoms with van der Waals surface area (Å²) in [4.78, 5) is 8.73. The lowest BCUT2D eigenvalue weighted by atomic mass is 10.2. The molecule has 2 aromatic rings. The molecule has 4 N–H and O–H groups in total. The summed E-state index contributed by atoms with van der Waals surface area (Å²) in [5.74, 6) is 7.37. The second-order valence-corrected chi connectivity index (χ2v) is 5.64. The number of nitrogen functional groups attached to an aromatic ring is 1. The molecule has 0 fully saturated rings. The molecular formula is C14H15BrN6. The molecule has 1 heterocycles. The first kappa shape index (κ1) is 15.2. The van der Waals surface area contributed by atoms with E-state index in [4.69, 9.17) is 5.84 Å². The molecule has 108 valence electrons. The van der Waals surface area contributed by atoms with Gasteiger partial charge in [-0.05, 0) is 18.2 Å². The van der Waals surface area contributed by atoms with Crippen LogP contribution in [-0.2, 0) is 0 Å². The molecule has 0 saturated heterocycles. The van der Waals surface area contributed by atoms with Gasteiger partial charge in [0.15, 0.2) is 0 Å². The fraction of sp³-hybridized carbons (Fsp3) is 0.214. The maximum absolute atomic E-state index is 9.19. The Morgan fingerprint density at radius 3 is 2.57 bits per heavy atom. The molecule has 0 amide bonds. The molecule has 0 aliphatic heterocycles. The van der Waals surface area contributed by atoms with Gasteiger partial charge in [0.25, 0.3) is 0 Å². The zero-order valence-corrected chi connectivity index (χ0v) is 13.3. The fourth-order valence-corrected chi connectivity index (χ4v) is 2.08. The third-order valence-electron chi connectivity index (χ3n) is 2.77. The van der Waals surface area contributed by atoms with E-state index >= 15 is 0 Å². The van der Waals surface area contributed by atoms with Crippen LogP contribution < -0.4 is 16.6 Å². The molecule has 0 atom stereocenters. The summed E-state index contributed by atoms with van der Waals surface area (Å²) in [6.07, 6.45) is 0. The molecule has 0 saturated carbocycles. The topological polar surface area (TPSA) is 99.6 Å². The van der Waals surface area contributed by atoms with Crippen LogP contribution in [0.25, 0.3) is 0 Å². The van der Waals surface area contributed by atoms with Crippen molar-refractivity contribution in [2.45, 2.75) is 19.8 Å². The lowest BCUT2D eigenvalue weighted by Gasteiger charge is -2.12. The van der Waals surface area contributed by atoms with Crippen LogP contribution in [0.3, 0.4) is 0 Å². The Morgan fingerprint density at radius 1 is 1.24 bits per heavy atom. The van der Waals surface area contributed by atoms with Crippen LogP contribution in [0.1, 0.15) is 31.2 Å². The van der Waals surface area contributed by atoms with Crippen LogP contribution in [0.15, 0.2) is 28.7 Å². The number of aromatic nitrogens is 2. The summed E-state index contributed by atoms with van der Waals surface area (Å²) in [5.41, 5.74) is 3.72. The normalized spacial score (nSPS) is 10.3. The molecule has 0 unspecified atom stereocenters. The minimum atomic E-state index is 0.166. The number of hydrogen-bond acceptors (Lipinski definition) is 6. The number of halogens is 1. The molecule has 1 aromatic carbocycles. The molecule has 0 radical (unpaired) electrons. The van der Waals surface area contributed by atoms with Crippen molar-refractivity contribution in [1.29, 1.82) is 5.26 Å². The highest BCUT2D eigenvalue weighted by atomic mass is 79.9. The number of nitrogens with zero attached hydrogens (tertiary/aromatic N) is 3. The zero-order valence-electron chi connectivity index (χ0n) is 11.7. The molecule has 0 bridgehead atoms. The Morgan fingerprint density at radius 2 is 1.95 bits per heavy atom. The third-order valence-corrected chi connectivity index (χ3v) is 3.27. The number of hydrogen-bond donors (Lipinski definition) is 3. The summed E-state index contributed by atoms with van der Waals surface area (Å²) in [7, 11) is 0. The summed E-state index contributed by atoms with van der Waals surface area (Å²) in [5, 5.41) is 12.3. The Bertz CT molecular complexity index is 692. The molecule has 6 nitrogen and oxygen atoms in total. The maximum Gasteiger partial charge on any atom is 0.145 e. The quantitative estimate of drug-likeness (QED) is 0.580. The van der Waals surface area contributed by atoms with Crippen LogP contribution >= 0.6 is 15.9 Å². The number of rotatable bonds is 4. The van der Waals surface area contributed by atoms with Crippen LogP contribution in [0, 0.1) is 11.3 Å². The van der Waals surface area contributed by atoms with Crippen molar-refractivity contribution in [2.75, 3.05) is 10.7 Å². The van der Waals surface area contributed by atoms with Gasteiger partial charge in [-0.2, -0.15) is 5.26 Å². The predicted octanol–water partition coefficient (Wildman–Crippen LogP) is 3.26. The fourth-order valence-electron chi connectivity index (χ4n) is 1.72. The second-order valence-electron chi connectivity index (χ2n) is 4.72. The number of anilines is 3. The zero-order chi connectivity index (χ0) is 15.4.